The van der Waals surface area contributed by atoms with Gasteiger partial charge in [-0.15, -0.1) is 0 Å². The molecule has 0 aromatic heterocycles. The van der Waals surface area contributed by atoms with Crippen molar-refractivity contribution in [2.75, 3.05) is 14.2 Å². The van der Waals surface area contributed by atoms with Crippen LogP contribution in [0.15, 0.2) is 42.5 Å². The number of rotatable bonds is 4. The lowest BCUT2D eigenvalue weighted by Gasteiger charge is -2.18. The van der Waals surface area contributed by atoms with Gasteiger partial charge in [-0.3, -0.25) is 4.79 Å². The van der Waals surface area contributed by atoms with E-state index in [1.165, 1.54) is 0 Å². The van der Waals surface area contributed by atoms with Gasteiger partial charge in [-0.05, 0) is 36.8 Å². The molecule has 4 nitrogen and oxygen atoms in total. The van der Waals surface area contributed by atoms with Crippen LogP contribution in [0.25, 0.3) is 0 Å². The molecule has 21 heavy (non-hydrogen) atoms. The Morgan fingerprint density at radius 1 is 1.24 bits per heavy atom. The Hall–Kier alpha value is -2.49. The number of hydrogen-bond donors (Lipinski definition) is 1. The lowest BCUT2D eigenvalue weighted by molar-refractivity contribution is 0.0782. The molecule has 2 rings (SSSR count). The number of phenols is 1. The second kappa shape index (κ2) is 6.31. The second-order valence-corrected chi connectivity index (χ2v) is 5.03. The molecule has 0 saturated carbocycles. The van der Waals surface area contributed by atoms with E-state index in [9.17, 15) is 9.90 Å². The van der Waals surface area contributed by atoms with E-state index < -0.39 is 0 Å². The number of aryl methyl sites for hydroxylation is 1. The van der Waals surface area contributed by atoms with Crippen molar-refractivity contribution in [3.63, 3.8) is 0 Å². The molecule has 0 aliphatic carbocycles. The first-order valence-electron chi connectivity index (χ1n) is 6.69. The monoisotopic (exact) mass is 285 g/mol. The zero-order valence-corrected chi connectivity index (χ0v) is 12.5. The SMILES string of the molecule is COc1cccc(CN(C)C(=O)c2cc(C)ccc2O)c1. The number of ether oxygens (including phenoxy) is 1. The van der Waals surface area contributed by atoms with Crippen molar-refractivity contribution in [3.8, 4) is 11.5 Å². The number of phenolic OH excluding ortho intramolecular Hbond substituents is 1. The van der Waals surface area contributed by atoms with Gasteiger partial charge in [0.1, 0.15) is 11.5 Å². The second-order valence-electron chi connectivity index (χ2n) is 5.03. The summed E-state index contributed by atoms with van der Waals surface area (Å²) in [5, 5.41) is 9.84. The number of nitrogens with zero attached hydrogens (tertiary/aromatic N) is 1. The molecule has 0 unspecified atom stereocenters. The van der Waals surface area contributed by atoms with Gasteiger partial charge in [-0.2, -0.15) is 0 Å². The van der Waals surface area contributed by atoms with Gasteiger partial charge in [-0.1, -0.05) is 23.8 Å². The first-order chi connectivity index (χ1) is 10.0. The number of carbonyl (C=O) groups excluding carboxylic acids is 1. The van der Waals surface area contributed by atoms with Crippen molar-refractivity contribution in [2.45, 2.75) is 13.5 Å². The van der Waals surface area contributed by atoms with E-state index in [-0.39, 0.29) is 11.7 Å². The van der Waals surface area contributed by atoms with Gasteiger partial charge in [0.25, 0.3) is 5.91 Å². The van der Waals surface area contributed by atoms with E-state index in [0.29, 0.717) is 12.1 Å². The third-order valence-corrected chi connectivity index (χ3v) is 3.28. The highest BCUT2D eigenvalue weighted by molar-refractivity contribution is 5.96. The normalized spacial score (nSPS) is 10.2. The molecule has 0 heterocycles. The molecule has 0 atom stereocenters. The van der Waals surface area contributed by atoms with Crippen LogP contribution in [0.3, 0.4) is 0 Å². The standard InChI is InChI=1S/C17H19NO3/c1-12-7-8-16(19)15(9-12)17(20)18(2)11-13-5-4-6-14(10-13)21-3/h4-10,19H,11H2,1-3H3. The average Bonchev–Trinajstić information content (AvgIpc) is 2.49. The van der Waals surface area contributed by atoms with Gasteiger partial charge in [0.05, 0.1) is 12.7 Å². The summed E-state index contributed by atoms with van der Waals surface area (Å²) in [6.07, 6.45) is 0. The van der Waals surface area contributed by atoms with Crippen molar-refractivity contribution in [2.24, 2.45) is 0 Å². The lowest BCUT2D eigenvalue weighted by atomic mass is 10.1. The summed E-state index contributed by atoms with van der Waals surface area (Å²) in [5.74, 6) is 0.550. The summed E-state index contributed by atoms with van der Waals surface area (Å²) in [7, 11) is 3.32. The molecule has 2 aromatic carbocycles. The van der Waals surface area contributed by atoms with Crippen LogP contribution >= 0.6 is 0 Å². The molecule has 0 aliphatic heterocycles. The largest absolute Gasteiger partial charge is 0.507 e. The third kappa shape index (κ3) is 3.54. The zero-order chi connectivity index (χ0) is 15.4. The van der Waals surface area contributed by atoms with Crippen molar-refractivity contribution >= 4 is 5.91 Å². The summed E-state index contributed by atoms with van der Waals surface area (Å²) in [6.45, 7) is 2.34. The predicted molar refractivity (Wildman–Crippen MR) is 81.6 cm³/mol. The highest BCUT2D eigenvalue weighted by Crippen LogP contribution is 2.21. The highest BCUT2D eigenvalue weighted by Gasteiger charge is 2.16. The Kier molecular flexibility index (Phi) is 4.48. The van der Waals surface area contributed by atoms with Crippen LogP contribution in [0.5, 0.6) is 11.5 Å². The minimum Gasteiger partial charge on any atom is -0.507 e. The topological polar surface area (TPSA) is 49.8 Å². The number of aromatic hydroxyl groups is 1. The highest BCUT2D eigenvalue weighted by atomic mass is 16.5. The van der Waals surface area contributed by atoms with Gasteiger partial charge in [0, 0.05) is 13.6 Å². The molecule has 1 N–H and O–H groups in total. The Balaban J connectivity index is 2.17. The fourth-order valence-electron chi connectivity index (χ4n) is 2.14. The molecule has 0 fully saturated rings. The summed E-state index contributed by atoms with van der Waals surface area (Å²) in [5.41, 5.74) is 2.23. The Bertz CT molecular complexity index is 652. The van der Waals surface area contributed by atoms with Crippen LogP contribution in [-0.4, -0.2) is 30.1 Å². The molecular formula is C17H19NO3. The first kappa shape index (κ1) is 14.9. The Labute approximate surface area is 124 Å². The maximum atomic E-state index is 12.4. The van der Waals surface area contributed by atoms with Gasteiger partial charge in [0.2, 0.25) is 0 Å². The van der Waals surface area contributed by atoms with Crippen LogP contribution < -0.4 is 4.74 Å². The minimum absolute atomic E-state index is 0.00286. The fourth-order valence-corrected chi connectivity index (χ4v) is 2.14. The molecule has 0 aliphatic rings. The molecule has 4 heteroatoms. The van der Waals surface area contributed by atoms with E-state index >= 15 is 0 Å². The van der Waals surface area contributed by atoms with Crippen molar-refractivity contribution in [1.29, 1.82) is 0 Å². The van der Waals surface area contributed by atoms with Crippen molar-refractivity contribution in [1.82, 2.24) is 4.90 Å². The van der Waals surface area contributed by atoms with E-state index in [2.05, 4.69) is 0 Å². The quantitative estimate of drug-likeness (QED) is 0.939. The number of amides is 1. The zero-order valence-electron chi connectivity index (χ0n) is 12.5. The smallest absolute Gasteiger partial charge is 0.257 e. The first-order valence-corrected chi connectivity index (χ1v) is 6.69. The summed E-state index contributed by atoms with van der Waals surface area (Å²) >= 11 is 0. The van der Waals surface area contributed by atoms with E-state index in [1.807, 2.05) is 31.2 Å². The maximum absolute atomic E-state index is 12.4. The number of benzene rings is 2. The number of methoxy groups -OCH3 is 1. The van der Waals surface area contributed by atoms with Crippen LogP contribution in [-0.2, 0) is 6.54 Å². The molecule has 0 radical (unpaired) electrons. The van der Waals surface area contributed by atoms with E-state index in [1.54, 1.807) is 37.3 Å². The van der Waals surface area contributed by atoms with Gasteiger partial charge in [0.15, 0.2) is 0 Å². The Morgan fingerprint density at radius 2 is 2.00 bits per heavy atom. The molecule has 0 saturated heterocycles. The summed E-state index contributed by atoms with van der Waals surface area (Å²) < 4.78 is 5.17. The summed E-state index contributed by atoms with van der Waals surface area (Å²) in [4.78, 5) is 14.0. The molecular weight excluding hydrogens is 266 g/mol. The van der Waals surface area contributed by atoms with Crippen LogP contribution in [0.4, 0.5) is 0 Å². The number of hydrogen-bond acceptors (Lipinski definition) is 3. The fraction of sp³-hybridized carbons (Fsp3) is 0.235. The molecule has 110 valence electrons. The predicted octanol–water partition coefficient (Wildman–Crippen LogP) is 2.98. The number of carbonyl (C=O) groups is 1. The summed E-state index contributed by atoms with van der Waals surface area (Å²) in [6, 6.07) is 12.6. The minimum atomic E-state index is -0.209. The average molecular weight is 285 g/mol. The molecule has 0 spiro atoms. The van der Waals surface area contributed by atoms with E-state index in [4.69, 9.17) is 4.74 Å². The Morgan fingerprint density at radius 3 is 2.71 bits per heavy atom. The maximum Gasteiger partial charge on any atom is 0.257 e. The van der Waals surface area contributed by atoms with Crippen LogP contribution in [0, 0.1) is 6.92 Å². The lowest BCUT2D eigenvalue weighted by Crippen LogP contribution is -2.26. The van der Waals surface area contributed by atoms with Crippen LogP contribution in [0.1, 0.15) is 21.5 Å². The van der Waals surface area contributed by atoms with Crippen molar-refractivity contribution < 1.29 is 14.6 Å². The van der Waals surface area contributed by atoms with Crippen LogP contribution in [0.2, 0.25) is 0 Å². The molecule has 2 aromatic rings. The van der Waals surface area contributed by atoms with Gasteiger partial charge >= 0.3 is 0 Å². The van der Waals surface area contributed by atoms with Gasteiger partial charge in [-0.25, -0.2) is 0 Å². The third-order valence-electron chi connectivity index (χ3n) is 3.28. The van der Waals surface area contributed by atoms with Gasteiger partial charge < -0.3 is 14.7 Å². The molecule has 0 bridgehead atoms. The van der Waals surface area contributed by atoms with Crippen molar-refractivity contribution in [3.05, 3.63) is 59.2 Å². The van der Waals surface area contributed by atoms with E-state index in [0.717, 1.165) is 16.9 Å². The molecule has 1 amide bonds.